The molecule has 2 aromatic rings. The number of carboxylic acids is 1. The molecule has 1 heterocycles. The summed E-state index contributed by atoms with van der Waals surface area (Å²) in [5, 5.41) is 24.0. The second-order valence-corrected chi connectivity index (χ2v) is 7.10. The highest BCUT2D eigenvalue weighted by molar-refractivity contribution is 5.93. The number of unbranched alkanes of at least 4 members (excludes halogenated alkanes) is 1. The molecule has 10 heteroatoms. The molecule has 164 valence electrons. The van der Waals surface area contributed by atoms with Gasteiger partial charge in [-0.05, 0) is 31.0 Å². The van der Waals surface area contributed by atoms with Crippen LogP contribution in [0.2, 0.25) is 0 Å². The lowest BCUT2D eigenvalue weighted by atomic mass is 10.0. The average Bonchev–Trinajstić information content (AvgIpc) is 3.14. The third-order valence-corrected chi connectivity index (χ3v) is 4.84. The number of fused-ring (bicyclic) bond motifs is 1. The lowest BCUT2D eigenvalue weighted by Gasteiger charge is -2.22. The van der Waals surface area contributed by atoms with E-state index >= 15 is 0 Å². The molecule has 9 N–H and O–H groups in total. The molecule has 2 amide bonds. The number of rotatable bonds is 12. The smallest absolute Gasteiger partial charge is 0.328 e. The van der Waals surface area contributed by atoms with Gasteiger partial charge in [0.05, 0.1) is 12.6 Å². The van der Waals surface area contributed by atoms with E-state index in [9.17, 15) is 19.5 Å². The molecule has 3 unspecified atom stereocenters. The Hall–Kier alpha value is -2.95. The van der Waals surface area contributed by atoms with Gasteiger partial charge in [0.25, 0.3) is 0 Å². The standard InChI is InChI=1S/C20H29N5O5/c21-8-4-3-6-14(22)18(27)24-16(19(28)25-17(11-26)20(29)30)9-12-10-23-15-7-2-1-5-13(12)15/h1-2,5,7,10,14,16-17,23,26H,3-4,6,8-9,11,21-22H2,(H,24,27)(H,25,28)(H,29,30). The first kappa shape index (κ1) is 23.3. The molecule has 0 aliphatic carbocycles. The first-order chi connectivity index (χ1) is 14.4. The van der Waals surface area contributed by atoms with Crippen LogP contribution in [0.15, 0.2) is 30.5 Å². The first-order valence-corrected chi connectivity index (χ1v) is 9.82. The molecule has 0 saturated carbocycles. The van der Waals surface area contributed by atoms with Gasteiger partial charge in [-0.2, -0.15) is 0 Å². The third-order valence-electron chi connectivity index (χ3n) is 4.84. The summed E-state index contributed by atoms with van der Waals surface area (Å²) in [6.07, 6.45) is 3.68. The van der Waals surface area contributed by atoms with Crippen LogP contribution in [0.1, 0.15) is 24.8 Å². The predicted molar refractivity (Wildman–Crippen MR) is 111 cm³/mol. The van der Waals surface area contributed by atoms with Crippen LogP contribution in [-0.2, 0) is 20.8 Å². The van der Waals surface area contributed by atoms with Crippen molar-refractivity contribution in [1.29, 1.82) is 0 Å². The number of nitrogens with two attached hydrogens (primary N) is 2. The van der Waals surface area contributed by atoms with E-state index in [4.69, 9.17) is 16.6 Å². The van der Waals surface area contributed by atoms with Gasteiger partial charge in [-0.25, -0.2) is 4.79 Å². The summed E-state index contributed by atoms with van der Waals surface area (Å²) in [5.74, 6) is -2.60. The molecule has 3 atom stereocenters. The highest BCUT2D eigenvalue weighted by atomic mass is 16.4. The molecule has 1 aromatic carbocycles. The Morgan fingerprint density at radius 2 is 1.77 bits per heavy atom. The van der Waals surface area contributed by atoms with E-state index < -0.39 is 42.5 Å². The van der Waals surface area contributed by atoms with Crippen molar-refractivity contribution >= 4 is 28.7 Å². The van der Waals surface area contributed by atoms with E-state index in [0.29, 0.717) is 19.4 Å². The average molecular weight is 419 g/mol. The Kier molecular flexibility index (Phi) is 8.78. The van der Waals surface area contributed by atoms with Crippen molar-refractivity contribution < 1.29 is 24.6 Å². The van der Waals surface area contributed by atoms with Crippen molar-refractivity contribution in [2.45, 2.75) is 43.8 Å². The van der Waals surface area contributed by atoms with Crippen molar-refractivity contribution in [3.63, 3.8) is 0 Å². The van der Waals surface area contributed by atoms with Crippen LogP contribution in [0.5, 0.6) is 0 Å². The maximum atomic E-state index is 12.7. The molecule has 2 rings (SSSR count). The maximum Gasteiger partial charge on any atom is 0.328 e. The Morgan fingerprint density at radius 1 is 1.07 bits per heavy atom. The molecule has 0 aliphatic rings. The zero-order valence-electron chi connectivity index (χ0n) is 16.6. The molecule has 0 fully saturated rings. The number of aromatic nitrogens is 1. The van der Waals surface area contributed by atoms with Crippen LogP contribution >= 0.6 is 0 Å². The van der Waals surface area contributed by atoms with E-state index in [1.54, 1.807) is 6.20 Å². The number of carbonyl (C=O) groups is 3. The van der Waals surface area contributed by atoms with Crippen molar-refractivity contribution in [3.8, 4) is 0 Å². The SMILES string of the molecule is NCCCCC(N)C(=O)NC(Cc1c[nH]c2ccccc12)C(=O)NC(CO)C(=O)O. The quantitative estimate of drug-likeness (QED) is 0.220. The number of H-pyrrole nitrogens is 1. The number of para-hydroxylation sites is 1. The number of nitrogens with one attached hydrogen (secondary N) is 3. The monoisotopic (exact) mass is 419 g/mol. The van der Waals surface area contributed by atoms with Gasteiger partial charge in [-0.3, -0.25) is 9.59 Å². The van der Waals surface area contributed by atoms with E-state index in [1.165, 1.54) is 0 Å². The van der Waals surface area contributed by atoms with Crippen LogP contribution in [-0.4, -0.2) is 64.3 Å². The molecular formula is C20H29N5O5. The lowest BCUT2D eigenvalue weighted by Crippen LogP contribution is -2.55. The number of aliphatic hydroxyl groups excluding tert-OH is 1. The van der Waals surface area contributed by atoms with Crippen molar-refractivity contribution in [2.75, 3.05) is 13.2 Å². The fraction of sp³-hybridized carbons (Fsp3) is 0.450. The first-order valence-electron chi connectivity index (χ1n) is 9.82. The minimum absolute atomic E-state index is 0.120. The second-order valence-electron chi connectivity index (χ2n) is 7.10. The Balaban J connectivity index is 2.17. The number of aromatic amines is 1. The fourth-order valence-electron chi connectivity index (χ4n) is 3.11. The zero-order valence-corrected chi connectivity index (χ0v) is 16.6. The van der Waals surface area contributed by atoms with Gasteiger partial charge in [0.2, 0.25) is 11.8 Å². The van der Waals surface area contributed by atoms with E-state index in [1.807, 2.05) is 24.3 Å². The summed E-state index contributed by atoms with van der Waals surface area (Å²) in [6.45, 7) is -0.273. The Labute approximate surface area is 174 Å². The number of hydrogen-bond donors (Lipinski definition) is 7. The summed E-state index contributed by atoms with van der Waals surface area (Å²) >= 11 is 0. The van der Waals surface area contributed by atoms with Crippen molar-refractivity contribution in [1.82, 2.24) is 15.6 Å². The lowest BCUT2D eigenvalue weighted by molar-refractivity contribution is -0.143. The van der Waals surface area contributed by atoms with Gasteiger partial charge in [-0.15, -0.1) is 0 Å². The molecule has 0 aliphatic heterocycles. The highest BCUT2D eigenvalue weighted by Gasteiger charge is 2.28. The summed E-state index contributed by atoms with van der Waals surface area (Å²) in [4.78, 5) is 39.5. The summed E-state index contributed by atoms with van der Waals surface area (Å²) in [5.41, 5.74) is 13.0. The third kappa shape index (κ3) is 6.28. The molecule has 0 radical (unpaired) electrons. The summed E-state index contributed by atoms with van der Waals surface area (Å²) < 4.78 is 0. The molecule has 30 heavy (non-hydrogen) atoms. The minimum atomic E-state index is -1.47. The van der Waals surface area contributed by atoms with Gasteiger partial charge >= 0.3 is 5.97 Å². The van der Waals surface area contributed by atoms with E-state index in [0.717, 1.165) is 22.9 Å². The summed E-state index contributed by atoms with van der Waals surface area (Å²) in [6, 6.07) is 4.13. The minimum Gasteiger partial charge on any atom is -0.480 e. The van der Waals surface area contributed by atoms with Crippen molar-refractivity contribution in [2.24, 2.45) is 11.5 Å². The number of hydrogen-bond acceptors (Lipinski definition) is 6. The van der Waals surface area contributed by atoms with Gasteiger partial charge < -0.3 is 37.3 Å². The maximum absolute atomic E-state index is 12.7. The van der Waals surface area contributed by atoms with Crippen molar-refractivity contribution in [3.05, 3.63) is 36.0 Å². The largest absolute Gasteiger partial charge is 0.480 e. The van der Waals surface area contributed by atoms with Crippen LogP contribution in [0, 0.1) is 0 Å². The number of carbonyl (C=O) groups excluding carboxylic acids is 2. The zero-order chi connectivity index (χ0) is 22.1. The predicted octanol–water partition coefficient (Wildman–Crippen LogP) is -0.787. The normalized spacial score (nSPS) is 14.1. The van der Waals surface area contributed by atoms with E-state index in [2.05, 4.69) is 15.6 Å². The number of benzene rings is 1. The number of aliphatic carboxylic acids is 1. The van der Waals surface area contributed by atoms with Crippen LogP contribution < -0.4 is 22.1 Å². The number of amides is 2. The summed E-state index contributed by atoms with van der Waals surface area (Å²) in [7, 11) is 0. The Morgan fingerprint density at radius 3 is 2.43 bits per heavy atom. The van der Waals surface area contributed by atoms with Gasteiger partial charge in [0, 0.05) is 23.5 Å². The number of aliphatic hydroxyl groups is 1. The van der Waals surface area contributed by atoms with Gasteiger partial charge in [-0.1, -0.05) is 24.6 Å². The molecule has 0 saturated heterocycles. The topological polar surface area (TPSA) is 184 Å². The van der Waals surface area contributed by atoms with Gasteiger partial charge in [0.15, 0.2) is 0 Å². The number of carboxylic acid groups (broad SMARTS) is 1. The molecule has 0 spiro atoms. The molecular weight excluding hydrogens is 390 g/mol. The molecule has 1 aromatic heterocycles. The fourth-order valence-corrected chi connectivity index (χ4v) is 3.11. The van der Waals surface area contributed by atoms with Crippen LogP contribution in [0.3, 0.4) is 0 Å². The van der Waals surface area contributed by atoms with E-state index in [-0.39, 0.29) is 6.42 Å². The van der Waals surface area contributed by atoms with Gasteiger partial charge in [0.1, 0.15) is 12.1 Å². The van der Waals surface area contributed by atoms with Crippen LogP contribution in [0.4, 0.5) is 0 Å². The van der Waals surface area contributed by atoms with Crippen LogP contribution in [0.25, 0.3) is 10.9 Å². The highest BCUT2D eigenvalue weighted by Crippen LogP contribution is 2.19. The molecule has 0 bridgehead atoms. The Bertz CT molecular complexity index is 868. The molecule has 10 nitrogen and oxygen atoms in total. The second kappa shape index (κ2) is 11.3.